The maximum Gasteiger partial charge on any atom is 0.294 e. The van der Waals surface area contributed by atoms with E-state index in [1.54, 1.807) is 42.5 Å². The van der Waals surface area contributed by atoms with Crippen molar-refractivity contribution < 1.29 is 23.7 Å². The smallest absolute Gasteiger partial charge is 0.294 e. The number of benzene rings is 2. The van der Waals surface area contributed by atoms with Crippen LogP contribution in [0.4, 0.5) is 16.2 Å². The molecule has 0 saturated carbocycles. The zero-order valence-electron chi connectivity index (χ0n) is 16.7. The lowest BCUT2D eigenvalue weighted by Crippen LogP contribution is -2.36. The predicted molar refractivity (Wildman–Crippen MR) is 124 cm³/mol. The van der Waals surface area contributed by atoms with Gasteiger partial charge in [-0.2, -0.15) is 0 Å². The second-order valence-electron chi connectivity index (χ2n) is 6.81. The summed E-state index contributed by atoms with van der Waals surface area (Å²) >= 11 is 6.82. The number of thioether (sulfide) groups is 1. The van der Waals surface area contributed by atoms with Crippen LogP contribution in [0.5, 0.6) is 0 Å². The number of hydrogen-bond donors (Lipinski definition) is 1. The standard InChI is InChI=1S/C22H14ClN3O6S/c23-17-8-6-14(26(30)31)10-16(17)18-9-7-15(32-18)11-19-21(28)25(22(29)33-19)12-20(27)24-13-4-2-1-3-5-13/h1-11H,12H2,(H,24,27)/b19-11-. The molecule has 0 atom stereocenters. The van der Waals surface area contributed by atoms with Gasteiger partial charge in [-0.15, -0.1) is 0 Å². The summed E-state index contributed by atoms with van der Waals surface area (Å²) in [4.78, 5) is 48.6. The summed E-state index contributed by atoms with van der Waals surface area (Å²) in [6.07, 6.45) is 1.37. The number of para-hydroxylation sites is 1. The second-order valence-corrected chi connectivity index (χ2v) is 8.21. The van der Waals surface area contributed by atoms with Crippen LogP contribution in [0.15, 0.2) is 70.0 Å². The molecule has 0 spiro atoms. The number of nitro groups is 1. The lowest BCUT2D eigenvalue weighted by Gasteiger charge is -2.12. The normalized spacial score (nSPS) is 14.7. The van der Waals surface area contributed by atoms with Crippen LogP contribution in [-0.2, 0) is 9.59 Å². The number of imide groups is 1. The first-order valence-electron chi connectivity index (χ1n) is 9.46. The van der Waals surface area contributed by atoms with Gasteiger partial charge in [-0.3, -0.25) is 29.4 Å². The fourth-order valence-electron chi connectivity index (χ4n) is 3.02. The van der Waals surface area contributed by atoms with Gasteiger partial charge in [-0.1, -0.05) is 29.8 Å². The largest absolute Gasteiger partial charge is 0.457 e. The number of carbonyl (C=O) groups excluding carboxylic acids is 3. The summed E-state index contributed by atoms with van der Waals surface area (Å²) in [5.74, 6) is -0.631. The number of rotatable bonds is 6. The van der Waals surface area contributed by atoms with Gasteiger partial charge in [0.1, 0.15) is 18.1 Å². The summed E-state index contributed by atoms with van der Waals surface area (Å²) in [6.45, 7) is -0.427. The number of non-ortho nitro benzene ring substituents is 1. The van der Waals surface area contributed by atoms with Crippen molar-refractivity contribution in [3.05, 3.63) is 86.5 Å². The summed E-state index contributed by atoms with van der Waals surface area (Å²) < 4.78 is 5.67. The lowest BCUT2D eigenvalue weighted by molar-refractivity contribution is -0.384. The highest BCUT2D eigenvalue weighted by Crippen LogP contribution is 2.35. The van der Waals surface area contributed by atoms with Crippen molar-refractivity contribution in [2.45, 2.75) is 0 Å². The van der Waals surface area contributed by atoms with E-state index in [2.05, 4.69) is 5.32 Å². The Morgan fingerprint density at radius 3 is 2.64 bits per heavy atom. The molecule has 33 heavy (non-hydrogen) atoms. The minimum absolute atomic E-state index is 0.0820. The van der Waals surface area contributed by atoms with E-state index in [9.17, 15) is 24.5 Å². The number of nitrogens with zero attached hydrogens (tertiary/aromatic N) is 2. The summed E-state index contributed by atoms with van der Waals surface area (Å²) in [5, 5.41) is 13.3. The van der Waals surface area contributed by atoms with Crippen LogP contribution in [0.3, 0.4) is 0 Å². The third-order valence-electron chi connectivity index (χ3n) is 4.56. The van der Waals surface area contributed by atoms with Crippen molar-refractivity contribution in [2.75, 3.05) is 11.9 Å². The van der Waals surface area contributed by atoms with Crippen LogP contribution in [0, 0.1) is 10.1 Å². The van der Waals surface area contributed by atoms with Crippen LogP contribution >= 0.6 is 23.4 Å². The SMILES string of the molecule is O=C(CN1C(=O)S/C(=C\c2ccc(-c3cc([N+](=O)[O-])ccc3Cl)o2)C1=O)Nc1ccccc1. The number of furan rings is 1. The molecule has 3 amide bonds. The number of amides is 3. The van der Waals surface area contributed by atoms with E-state index in [0.29, 0.717) is 23.0 Å². The molecule has 2 aromatic carbocycles. The zero-order chi connectivity index (χ0) is 23.5. The fourth-order valence-corrected chi connectivity index (χ4v) is 4.05. The van der Waals surface area contributed by atoms with Crippen molar-refractivity contribution in [1.82, 2.24) is 4.90 Å². The first-order chi connectivity index (χ1) is 15.8. The molecule has 1 aromatic heterocycles. The maximum atomic E-state index is 12.7. The van der Waals surface area contributed by atoms with Crippen molar-refractivity contribution in [3.8, 4) is 11.3 Å². The Balaban J connectivity index is 1.49. The van der Waals surface area contributed by atoms with Crippen LogP contribution in [0.1, 0.15) is 5.76 Å². The fraction of sp³-hybridized carbons (Fsp3) is 0.0455. The van der Waals surface area contributed by atoms with Crippen LogP contribution < -0.4 is 5.32 Å². The van der Waals surface area contributed by atoms with Crippen molar-refractivity contribution in [2.24, 2.45) is 0 Å². The summed E-state index contributed by atoms with van der Waals surface area (Å²) in [6, 6.07) is 15.7. The molecule has 9 nitrogen and oxygen atoms in total. The molecule has 1 fully saturated rings. The maximum absolute atomic E-state index is 12.7. The minimum Gasteiger partial charge on any atom is -0.457 e. The Labute approximate surface area is 196 Å². The first kappa shape index (κ1) is 22.3. The molecule has 2 heterocycles. The number of nitro benzene ring substituents is 1. The highest BCUT2D eigenvalue weighted by atomic mass is 35.5. The van der Waals surface area contributed by atoms with E-state index in [-0.39, 0.29) is 27.1 Å². The van der Waals surface area contributed by atoms with E-state index < -0.39 is 28.5 Å². The highest BCUT2D eigenvalue weighted by Gasteiger charge is 2.36. The molecule has 1 aliphatic heterocycles. The molecule has 166 valence electrons. The lowest BCUT2D eigenvalue weighted by atomic mass is 10.1. The molecule has 0 aliphatic carbocycles. The number of carbonyl (C=O) groups is 3. The average Bonchev–Trinajstić information content (AvgIpc) is 3.35. The Kier molecular flexibility index (Phi) is 6.29. The van der Waals surface area contributed by atoms with Gasteiger partial charge in [-0.25, -0.2) is 0 Å². The third-order valence-corrected chi connectivity index (χ3v) is 5.80. The number of halogens is 1. The quantitative estimate of drug-likeness (QED) is 0.291. The van der Waals surface area contributed by atoms with Crippen LogP contribution in [0.2, 0.25) is 5.02 Å². The van der Waals surface area contributed by atoms with Gasteiger partial charge >= 0.3 is 0 Å². The topological polar surface area (TPSA) is 123 Å². The van der Waals surface area contributed by atoms with Gasteiger partial charge in [0.2, 0.25) is 5.91 Å². The predicted octanol–water partition coefficient (Wildman–Crippen LogP) is 5.18. The third kappa shape index (κ3) is 4.97. The summed E-state index contributed by atoms with van der Waals surface area (Å²) in [5.41, 5.74) is 0.714. The second kappa shape index (κ2) is 9.31. The Hall–Kier alpha value is -3.89. The number of nitrogens with one attached hydrogen (secondary N) is 1. The van der Waals surface area contributed by atoms with Crippen molar-refractivity contribution in [3.63, 3.8) is 0 Å². The Bertz CT molecular complexity index is 1300. The van der Waals surface area contributed by atoms with Gasteiger partial charge in [-0.05, 0) is 42.1 Å². The van der Waals surface area contributed by atoms with E-state index in [1.807, 2.05) is 0 Å². The van der Waals surface area contributed by atoms with Crippen LogP contribution in [-0.4, -0.2) is 33.4 Å². The molecule has 4 rings (SSSR count). The molecule has 0 unspecified atom stereocenters. The highest BCUT2D eigenvalue weighted by molar-refractivity contribution is 8.18. The van der Waals surface area contributed by atoms with Crippen molar-refractivity contribution >= 4 is 57.9 Å². The van der Waals surface area contributed by atoms with E-state index >= 15 is 0 Å². The van der Waals surface area contributed by atoms with E-state index in [1.165, 1.54) is 24.3 Å². The number of anilines is 1. The van der Waals surface area contributed by atoms with Crippen LogP contribution in [0.25, 0.3) is 17.4 Å². The zero-order valence-corrected chi connectivity index (χ0v) is 18.3. The Morgan fingerprint density at radius 1 is 1.15 bits per heavy atom. The van der Waals surface area contributed by atoms with Gasteiger partial charge in [0, 0.05) is 29.5 Å². The van der Waals surface area contributed by atoms with Gasteiger partial charge in [0.15, 0.2) is 0 Å². The molecule has 11 heteroatoms. The average molecular weight is 484 g/mol. The minimum atomic E-state index is -0.625. The molecule has 1 N–H and O–H groups in total. The molecule has 1 aliphatic rings. The molecular formula is C22H14ClN3O6S. The summed E-state index contributed by atoms with van der Waals surface area (Å²) in [7, 11) is 0. The number of hydrogen-bond acceptors (Lipinski definition) is 7. The molecule has 0 bridgehead atoms. The monoisotopic (exact) mass is 483 g/mol. The molecule has 1 saturated heterocycles. The van der Waals surface area contributed by atoms with Gasteiger partial charge in [0.05, 0.1) is 14.9 Å². The molecule has 3 aromatic rings. The first-order valence-corrected chi connectivity index (χ1v) is 10.7. The van der Waals surface area contributed by atoms with Crippen molar-refractivity contribution in [1.29, 1.82) is 0 Å². The van der Waals surface area contributed by atoms with E-state index in [4.69, 9.17) is 16.0 Å². The Morgan fingerprint density at radius 2 is 1.91 bits per heavy atom. The van der Waals surface area contributed by atoms with Gasteiger partial charge < -0.3 is 9.73 Å². The van der Waals surface area contributed by atoms with Gasteiger partial charge in [0.25, 0.3) is 16.8 Å². The molecule has 0 radical (unpaired) electrons. The molecular weight excluding hydrogens is 470 g/mol. The van der Waals surface area contributed by atoms with E-state index in [0.717, 1.165) is 4.90 Å².